The van der Waals surface area contributed by atoms with Crippen LogP contribution in [-0.4, -0.2) is 0 Å². The molecule has 0 bridgehead atoms. The molecule has 0 saturated carbocycles. The average molecular weight is 738 g/mol. The van der Waals surface area contributed by atoms with Gasteiger partial charge in [-0.2, -0.15) is 0 Å². The summed E-state index contributed by atoms with van der Waals surface area (Å²) >= 11 is 0. The first-order valence-corrected chi connectivity index (χ1v) is 20.4. The minimum atomic E-state index is -0.369. The quantitative estimate of drug-likeness (QED) is 0.174. The van der Waals surface area contributed by atoms with Crippen molar-refractivity contribution in [2.45, 2.75) is 18.3 Å². The second-order valence-corrected chi connectivity index (χ2v) is 16.0. The van der Waals surface area contributed by atoms with E-state index in [0.717, 1.165) is 5.69 Å². The summed E-state index contributed by atoms with van der Waals surface area (Å²) in [6.45, 7) is 2.38. The lowest BCUT2D eigenvalue weighted by atomic mass is 9.70. The van der Waals surface area contributed by atoms with E-state index in [4.69, 9.17) is 0 Å². The lowest BCUT2D eigenvalue weighted by Gasteiger charge is -2.37. The molecule has 12 rings (SSSR count). The van der Waals surface area contributed by atoms with Crippen LogP contribution in [0.5, 0.6) is 0 Å². The Bertz CT molecular complexity index is 3000. The van der Waals surface area contributed by atoms with Gasteiger partial charge in [0.25, 0.3) is 0 Å². The summed E-state index contributed by atoms with van der Waals surface area (Å²) < 4.78 is 0. The molecule has 58 heavy (non-hydrogen) atoms. The molecule has 9 aromatic carbocycles. The summed E-state index contributed by atoms with van der Waals surface area (Å²) in [6.07, 6.45) is 0. The Morgan fingerprint density at radius 1 is 0.328 bits per heavy atom. The highest BCUT2D eigenvalue weighted by Crippen LogP contribution is 2.63. The standard InChI is InChI=1S/C57H39N/c1-37-49-34-41(39-16-6-3-7-17-39)27-32-55(49)58(44-29-24-40(25-30-44)38-14-4-2-5-15-38)56-33-28-42(35-50(37)56)43-26-31-48-47-20-10-13-23-53(47)57(54(48)36-43)51-21-11-8-18-45(51)46-19-9-12-22-52(46)57/h2-37H,1H3. The number of hydrogen-bond donors (Lipinski definition) is 0. The predicted octanol–water partition coefficient (Wildman–Crippen LogP) is 15.0. The van der Waals surface area contributed by atoms with E-state index < -0.39 is 0 Å². The molecule has 9 aromatic rings. The number of hydrogen-bond acceptors (Lipinski definition) is 1. The number of rotatable bonds is 4. The highest BCUT2D eigenvalue weighted by Gasteiger charge is 2.51. The van der Waals surface area contributed by atoms with Crippen molar-refractivity contribution in [3.05, 3.63) is 246 Å². The van der Waals surface area contributed by atoms with Gasteiger partial charge in [0, 0.05) is 23.0 Å². The Labute approximate surface area is 340 Å². The van der Waals surface area contributed by atoms with Crippen molar-refractivity contribution in [2.24, 2.45) is 0 Å². The van der Waals surface area contributed by atoms with Crippen molar-refractivity contribution < 1.29 is 0 Å². The molecule has 0 aromatic heterocycles. The average Bonchev–Trinajstić information content (AvgIpc) is 3.77. The van der Waals surface area contributed by atoms with Gasteiger partial charge in [-0.05, 0) is 131 Å². The van der Waals surface area contributed by atoms with Gasteiger partial charge in [-0.3, -0.25) is 0 Å². The highest BCUT2D eigenvalue weighted by atomic mass is 15.2. The molecule has 272 valence electrons. The van der Waals surface area contributed by atoms with Crippen LogP contribution in [0.4, 0.5) is 17.1 Å². The fourth-order valence-electron chi connectivity index (χ4n) is 10.5. The molecule has 1 heterocycles. The second-order valence-electron chi connectivity index (χ2n) is 16.0. The van der Waals surface area contributed by atoms with E-state index in [9.17, 15) is 0 Å². The minimum absolute atomic E-state index is 0.187. The number of fused-ring (bicyclic) bond motifs is 12. The largest absolute Gasteiger partial charge is 0.310 e. The molecule has 1 spiro atoms. The van der Waals surface area contributed by atoms with Gasteiger partial charge in [0.15, 0.2) is 0 Å². The van der Waals surface area contributed by atoms with Crippen LogP contribution in [0.15, 0.2) is 212 Å². The summed E-state index contributed by atoms with van der Waals surface area (Å²) in [6, 6.07) is 79.1. The Morgan fingerprint density at radius 2 is 0.707 bits per heavy atom. The fourth-order valence-corrected chi connectivity index (χ4v) is 10.5. The Hall–Kier alpha value is -7.22. The van der Waals surface area contributed by atoms with Crippen molar-refractivity contribution >= 4 is 17.1 Å². The van der Waals surface area contributed by atoms with Crippen LogP contribution in [0.2, 0.25) is 0 Å². The van der Waals surface area contributed by atoms with Crippen molar-refractivity contribution in [1.29, 1.82) is 0 Å². The molecular formula is C57H39N. The summed E-state index contributed by atoms with van der Waals surface area (Å²) in [7, 11) is 0. The van der Waals surface area contributed by atoms with Gasteiger partial charge < -0.3 is 4.90 Å². The summed E-state index contributed by atoms with van der Waals surface area (Å²) in [5.74, 6) is 0.187. The van der Waals surface area contributed by atoms with Crippen molar-refractivity contribution in [1.82, 2.24) is 0 Å². The first-order chi connectivity index (χ1) is 28.7. The van der Waals surface area contributed by atoms with E-state index in [1.807, 2.05) is 0 Å². The van der Waals surface area contributed by atoms with Crippen molar-refractivity contribution in [2.75, 3.05) is 4.90 Å². The zero-order valence-electron chi connectivity index (χ0n) is 32.2. The van der Waals surface area contributed by atoms with Crippen LogP contribution < -0.4 is 4.90 Å². The molecule has 0 radical (unpaired) electrons. The topological polar surface area (TPSA) is 3.24 Å². The molecule has 0 fully saturated rings. The molecule has 0 saturated heterocycles. The smallest absolute Gasteiger partial charge is 0.0725 e. The first-order valence-electron chi connectivity index (χ1n) is 20.4. The molecule has 0 amide bonds. The van der Waals surface area contributed by atoms with Crippen molar-refractivity contribution in [3.8, 4) is 55.6 Å². The van der Waals surface area contributed by atoms with Gasteiger partial charge in [-0.15, -0.1) is 0 Å². The SMILES string of the molecule is CC1c2cc(-c3ccccc3)ccc2N(c2ccc(-c3ccccc3)cc2)c2ccc(-c3ccc4c(c3)C3(c5ccccc5-c5ccccc53)c3ccccc3-4)cc21. The van der Waals surface area contributed by atoms with E-state index in [1.54, 1.807) is 0 Å². The predicted molar refractivity (Wildman–Crippen MR) is 241 cm³/mol. The Morgan fingerprint density at radius 3 is 1.24 bits per heavy atom. The third-order valence-electron chi connectivity index (χ3n) is 13.1. The van der Waals surface area contributed by atoms with E-state index in [0.29, 0.717) is 0 Å². The fraction of sp³-hybridized carbons (Fsp3) is 0.0526. The van der Waals surface area contributed by atoms with Gasteiger partial charge in [0.05, 0.1) is 5.41 Å². The maximum atomic E-state index is 2.50. The maximum Gasteiger partial charge on any atom is 0.0725 e. The zero-order valence-corrected chi connectivity index (χ0v) is 32.2. The molecule has 1 heteroatoms. The lowest BCUT2D eigenvalue weighted by molar-refractivity contribution is 0.794. The Kier molecular flexibility index (Phi) is 7.19. The zero-order chi connectivity index (χ0) is 38.4. The van der Waals surface area contributed by atoms with E-state index in [1.165, 1.54) is 100 Å². The third kappa shape index (κ3) is 4.65. The van der Waals surface area contributed by atoms with Crippen LogP contribution in [0.25, 0.3) is 55.6 Å². The second kappa shape index (κ2) is 12.6. The monoisotopic (exact) mass is 737 g/mol. The summed E-state index contributed by atoms with van der Waals surface area (Å²) in [5.41, 5.74) is 24.1. The van der Waals surface area contributed by atoms with Gasteiger partial charge in [0.2, 0.25) is 0 Å². The third-order valence-corrected chi connectivity index (χ3v) is 13.1. The highest BCUT2D eigenvalue weighted by molar-refractivity contribution is 5.96. The van der Waals surface area contributed by atoms with Crippen LogP contribution in [0.3, 0.4) is 0 Å². The van der Waals surface area contributed by atoms with Gasteiger partial charge >= 0.3 is 0 Å². The van der Waals surface area contributed by atoms with Gasteiger partial charge in [0.1, 0.15) is 0 Å². The first kappa shape index (κ1) is 33.0. The Balaban J connectivity index is 1.03. The maximum absolute atomic E-state index is 2.50. The molecule has 1 aliphatic heterocycles. The van der Waals surface area contributed by atoms with Crippen molar-refractivity contribution in [3.63, 3.8) is 0 Å². The molecule has 2 aliphatic carbocycles. The van der Waals surface area contributed by atoms with Crippen LogP contribution in [0, 0.1) is 0 Å². The van der Waals surface area contributed by atoms with Gasteiger partial charge in [-0.25, -0.2) is 0 Å². The molecule has 1 atom stereocenters. The number of benzene rings is 9. The lowest BCUT2D eigenvalue weighted by Crippen LogP contribution is -2.25. The number of nitrogens with zero attached hydrogens (tertiary/aromatic N) is 1. The van der Waals surface area contributed by atoms with E-state index >= 15 is 0 Å². The van der Waals surface area contributed by atoms with E-state index in [-0.39, 0.29) is 11.3 Å². The molecule has 3 aliphatic rings. The minimum Gasteiger partial charge on any atom is -0.310 e. The molecule has 1 unspecified atom stereocenters. The van der Waals surface area contributed by atoms with Crippen LogP contribution >= 0.6 is 0 Å². The van der Waals surface area contributed by atoms with Gasteiger partial charge in [-0.1, -0.05) is 177 Å². The molecule has 1 nitrogen and oxygen atoms in total. The van der Waals surface area contributed by atoms with E-state index in [2.05, 4.69) is 224 Å². The summed E-state index contributed by atoms with van der Waals surface area (Å²) in [4.78, 5) is 2.47. The molecule has 0 N–H and O–H groups in total. The normalized spacial score (nSPS) is 14.9. The summed E-state index contributed by atoms with van der Waals surface area (Å²) in [5, 5.41) is 0. The number of anilines is 3. The van der Waals surface area contributed by atoms with Crippen LogP contribution in [-0.2, 0) is 5.41 Å². The van der Waals surface area contributed by atoms with Crippen LogP contribution in [0.1, 0.15) is 46.2 Å². The molecular weight excluding hydrogens is 699 g/mol.